The molecule has 1 heterocycles. The molecule has 3 amide bonds. The quantitative estimate of drug-likeness (QED) is 0.564. The molecule has 0 aromatic heterocycles. The summed E-state index contributed by atoms with van der Waals surface area (Å²) in [6.07, 6.45) is 8.77. The van der Waals surface area contributed by atoms with Gasteiger partial charge < -0.3 is 4.90 Å². The third kappa shape index (κ3) is 5.15. The van der Waals surface area contributed by atoms with Crippen LogP contribution in [0.4, 0.5) is 0 Å². The largest absolute Gasteiger partial charge is 0.343 e. The number of amides is 3. The fourth-order valence-corrected chi connectivity index (χ4v) is 3.55. The lowest BCUT2D eigenvalue weighted by molar-refractivity contribution is -0.132. The van der Waals surface area contributed by atoms with Crippen molar-refractivity contribution in [3.05, 3.63) is 71.8 Å². The molecule has 0 radical (unpaired) electrons. The van der Waals surface area contributed by atoms with Crippen molar-refractivity contribution >= 4 is 17.7 Å². The molecule has 1 aliphatic carbocycles. The standard InChI is InChI=1S/C17H20N2O3.C6H6.C2H2/c1-3-18(4-2)15(20)14-9-11(14)10-19-16(21)12-7-5-6-8-13(12)17(19)22;1-2-4-6-5-3-1;1-2/h5-8,11,14H,3-4,9-10H2,1-2H3;1-6H;1-2H/t11-,14-;;/m0../s1. The Labute approximate surface area is 178 Å². The molecule has 0 N–H and O–H groups in total. The third-order valence-corrected chi connectivity index (χ3v) is 5.28. The molecule has 0 bridgehead atoms. The van der Waals surface area contributed by atoms with Gasteiger partial charge in [-0.1, -0.05) is 48.5 Å². The fraction of sp³-hybridized carbons (Fsp3) is 0.320. The van der Waals surface area contributed by atoms with Gasteiger partial charge in [0.15, 0.2) is 0 Å². The number of benzene rings is 2. The Morgan fingerprint density at radius 2 is 1.33 bits per heavy atom. The van der Waals surface area contributed by atoms with Crippen LogP contribution in [0.5, 0.6) is 0 Å². The predicted octanol–water partition coefficient (Wildman–Crippen LogP) is 3.72. The Morgan fingerprint density at radius 3 is 1.73 bits per heavy atom. The number of hydrogen-bond donors (Lipinski definition) is 0. The SMILES string of the molecule is C#C.CCN(CC)C(=O)[C@H]1C[C@H]1CN1C(=O)c2ccccc2C1=O.c1ccccc1. The molecule has 4 rings (SSSR count). The number of terminal acetylenes is 1. The van der Waals surface area contributed by atoms with Crippen LogP contribution in [0.1, 0.15) is 41.0 Å². The highest BCUT2D eigenvalue weighted by Crippen LogP contribution is 2.41. The van der Waals surface area contributed by atoms with Crippen LogP contribution in [0.2, 0.25) is 0 Å². The van der Waals surface area contributed by atoms with Crippen LogP contribution in [0.25, 0.3) is 0 Å². The van der Waals surface area contributed by atoms with Crippen molar-refractivity contribution in [3.63, 3.8) is 0 Å². The van der Waals surface area contributed by atoms with Crippen molar-refractivity contribution in [2.75, 3.05) is 19.6 Å². The van der Waals surface area contributed by atoms with Crippen molar-refractivity contribution < 1.29 is 14.4 Å². The number of hydrogen-bond acceptors (Lipinski definition) is 3. The van der Waals surface area contributed by atoms with Gasteiger partial charge in [-0.25, -0.2) is 0 Å². The van der Waals surface area contributed by atoms with Crippen LogP contribution in [0.3, 0.4) is 0 Å². The smallest absolute Gasteiger partial charge is 0.261 e. The van der Waals surface area contributed by atoms with Gasteiger partial charge in [0, 0.05) is 25.6 Å². The molecule has 5 heteroatoms. The second-order valence-corrected chi connectivity index (χ2v) is 7.03. The summed E-state index contributed by atoms with van der Waals surface area (Å²) in [5.41, 5.74) is 0.944. The summed E-state index contributed by atoms with van der Waals surface area (Å²) in [5, 5.41) is 0. The molecule has 5 nitrogen and oxygen atoms in total. The van der Waals surface area contributed by atoms with Gasteiger partial charge in [-0.3, -0.25) is 19.3 Å². The first-order valence-corrected chi connectivity index (χ1v) is 10.2. The molecular weight excluding hydrogens is 376 g/mol. The van der Waals surface area contributed by atoms with E-state index in [-0.39, 0.29) is 29.6 Å². The molecular formula is C25H28N2O3. The molecule has 0 unspecified atom stereocenters. The summed E-state index contributed by atoms with van der Waals surface area (Å²) >= 11 is 0. The normalized spacial score (nSPS) is 18.3. The highest BCUT2D eigenvalue weighted by molar-refractivity contribution is 6.21. The molecule has 1 aliphatic heterocycles. The average molecular weight is 405 g/mol. The summed E-state index contributed by atoms with van der Waals surface area (Å²) in [7, 11) is 0. The van der Waals surface area contributed by atoms with E-state index in [2.05, 4.69) is 12.8 Å². The van der Waals surface area contributed by atoms with Gasteiger partial charge in [0.2, 0.25) is 5.91 Å². The van der Waals surface area contributed by atoms with Gasteiger partial charge in [-0.05, 0) is 38.3 Å². The Bertz CT molecular complexity index is 826. The van der Waals surface area contributed by atoms with Crippen molar-refractivity contribution in [2.24, 2.45) is 11.8 Å². The highest BCUT2D eigenvalue weighted by atomic mass is 16.2. The van der Waals surface area contributed by atoms with E-state index in [1.807, 2.05) is 55.1 Å². The maximum atomic E-state index is 12.3. The van der Waals surface area contributed by atoms with Gasteiger partial charge in [-0.15, -0.1) is 12.8 Å². The lowest BCUT2D eigenvalue weighted by Crippen LogP contribution is -2.35. The zero-order valence-electron chi connectivity index (χ0n) is 17.5. The number of fused-ring (bicyclic) bond motifs is 1. The van der Waals surface area contributed by atoms with Gasteiger partial charge in [-0.2, -0.15) is 0 Å². The molecule has 0 spiro atoms. The Morgan fingerprint density at radius 1 is 0.900 bits per heavy atom. The van der Waals surface area contributed by atoms with Crippen molar-refractivity contribution in [3.8, 4) is 12.8 Å². The number of carbonyl (C=O) groups excluding carboxylic acids is 3. The van der Waals surface area contributed by atoms with Crippen LogP contribution >= 0.6 is 0 Å². The highest BCUT2D eigenvalue weighted by Gasteiger charge is 2.48. The maximum Gasteiger partial charge on any atom is 0.261 e. The molecule has 1 fully saturated rings. The zero-order valence-corrected chi connectivity index (χ0v) is 17.5. The lowest BCUT2D eigenvalue weighted by Gasteiger charge is -2.19. The minimum absolute atomic E-state index is 0.0378. The molecule has 2 aliphatic rings. The fourth-order valence-electron chi connectivity index (χ4n) is 3.55. The lowest BCUT2D eigenvalue weighted by atomic mass is 10.1. The topological polar surface area (TPSA) is 57.7 Å². The molecule has 2 aromatic rings. The molecule has 0 saturated heterocycles. The summed E-state index contributed by atoms with van der Waals surface area (Å²) in [6, 6.07) is 18.9. The molecule has 30 heavy (non-hydrogen) atoms. The van der Waals surface area contributed by atoms with Crippen molar-refractivity contribution in [1.29, 1.82) is 0 Å². The summed E-state index contributed by atoms with van der Waals surface area (Å²) < 4.78 is 0. The minimum Gasteiger partial charge on any atom is -0.343 e. The first kappa shape index (κ1) is 22.9. The molecule has 156 valence electrons. The zero-order chi connectivity index (χ0) is 22.1. The molecule has 1 saturated carbocycles. The van der Waals surface area contributed by atoms with E-state index in [1.54, 1.807) is 24.3 Å². The van der Waals surface area contributed by atoms with Crippen molar-refractivity contribution in [2.45, 2.75) is 20.3 Å². The van der Waals surface area contributed by atoms with Gasteiger partial charge in [0.1, 0.15) is 0 Å². The van der Waals surface area contributed by atoms with Crippen LogP contribution in [0, 0.1) is 24.7 Å². The predicted molar refractivity (Wildman–Crippen MR) is 118 cm³/mol. The van der Waals surface area contributed by atoms with E-state index in [4.69, 9.17) is 0 Å². The first-order valence-electron chi connectivity index (χ1n) is 10.2. The number of imide groups is 1. The Hall–Kier alpha value is -3.39. The van der Waals surface area contributed by atoms with E-state index in [9.17, 15) is 14.4 Å². The van der Waals surface area contributed by atoms with Crippen LogP contribution in [0.15, 0.2) is 60.7 Å². The van der Waals surface area contributed by atoms with Gasteiger partial charge >= 0.3 is 0 Å². The first-order chi connectivity index (χ1) is 14.6. The van der Waals surface area contributed by atoms with E-state index in [0.717, 1.165) is 6.42 Å². The van der Waals surface area contributed by atoms with E-state index in [1.165, 1.54) is 4.90 Å². The second kappa shape index (κ2) is 11.0. The molecule has 2 atom stereocenters. The van der Waals surface area contributed by atoms with E-state index in [0.29, 0.717) is 30.8 Å². The third-order valence-electron chi connectivity index (χ3n) is 5.28. The van der Waals surface area contributed by atoms with Crippen LogP contribution in [-0.2, 0) is 4.79 Å². The number of nitrogens with zero attached hydrogens (tertiary/aromatic N) is 2. The van der Waals surface area contributed by atoms with Crippen LogP contribution < -0.4 is 0 Å². The number of rotatable bonds is 5. The van der Waals surface area contributed by atoms with Gasteiger partial charge in [0.05, 0.1) is 11.1 Å². The molecule has 2 aromatic carbocycles. The monoisotopic (exact) mass is 404 g/mol. The van der Waals surface area contributed by atoms with Gasteiger partial charge in [0.25, 0.3) is 11.8 Å². The van der Waals surface area contributed by atoms with E-state index < -0.39 is 0 Å². The average Bonchev–Trinajstić information content (AvgIpc) is 3.55. The second-order valence-electron chi connectivity index (χ2n) is 7.03. The van der Waals surface area contributed by atoms with Crippen LogP contribution in [-0.4, -0.2) is 47.2 Å². The summed E-state index contributed by atoms with van der Waals surface area (Å²) in [4.78, 5) is 40.0. The van der Waals surface area contributed by atoms with E-state index >= 15 is 0 Å². The Balaban J connectivity index is 0.000000340. The summed E-state index contributed by atoms with van der Waals surface area (Å²) in [5.74, 6) is -0.255. The Kier molecular flexibility index (Phi) is 8.37. The minimum atomic E-state index is -0.235. The van der Waals surface area contributed by atoms with Crippen molar-refractivity contribution in [1.82, 2.24) is 9.80 Å². The number of carbonyl (C=O) groups is 3. The maximum absolute atomic E-state index is 12.3. The summed E-state index contributed by atoms with van der Waals surface area (Å²) in [6.45, 7) is 5.67.